The lowest BCUT2D eigenvalue weighted by atomic mass is 10.2. The van der Waals surface area contributed by atoms with Gasteiger partial charge < -0.3 is 15.4 Å². The molecule has 0 spiro atoms. The predicted octanol–water partition coefficient (Wildman–Crippen LogP) is 2.30. The largest absolute Gasteiger partial charge is 0.497 e. The van der Waals surface area contributed by atoms with E-state index in [2.05, 4.69) is 15.0 Å². The Bertz CT molecular complexity index is 954. The monoisotopic (exact) mass is 373 g/mol. The lowest BCUT2D eigenvalue weighted by Gasteiger charge is -2.17. The number of benzene rings is 2. The smallest absolute Gasteiger partial charge is 0.286 e. The van der Waals surface area contributed by atoms with Crippen molar-refractivity contribution in [2.24, 2.45) is 4.40 Å². The summed E-state index contributed by atoms with van der Waals surface area (Å²) in [5.41, 5.74) is 1.40. The molecule has 0 unspecified atom stereocenters. The molecule has 0 atom stereocenters. The molecule has 1 aliphatic rings. The molecule has 2 aromatic rings. The van der Waals surface area contributed by atoms with E-state index in [1.54, 1.807) is 25.3 Å². The normalized spacial score (nSPS) is 14.6. The molecular formula is C18H19N3O4S. The van der Waals surface area contributed by atoms with Crippen LogP contribution in [0.1, 0.15) is 18.4 Å². The van der Waals surface area contributed by atoms with Crippen molar-refractivity contribution in [3.05, 3.63) is 54.1 Å². The number of amides is 1. The van der Waals surface area contributed by atoms with Gasteiger partial charge in [-0.15, -0.1) is 4.40 Å². The molecule has 1 heterocycles. The van der Waals surface area contributed by atoms with Crippen LogP contribution in [0, 0.1) is 0 Å². The predicted molar refractivity (Wildman–Crippen MR) is 98.8 cm³/mol. The maximum Gasteiger partial charge on any atom is 0.286 e. The van der Waals surface area contributed by atoms with Crippen LogP contribution in [0.5, 0.6) is 5.75 Å². The fourth-order valence-electron chi connectivity index (χ4n) is 2.58. The first-order chi connectivity index (χ1) is 12.5. The number of hydrogen-bond donors (Lipinski definition) is 2. The van der Waals surface area contributed by atoms with Crippen molar-refractivity contribution in [2.75, 3.05) is 12.4 Å². The number of para-hydroxylation sites is 1. The molecule has 2 N–H and O–H groups in total. The number of hydrogen-bond acceptors (Lipinski definition) is 5. The zero-order valence-electron chi connectivity index (χ0n) is 14.2. The van der Waals surface area contributed by atoms with Crippen LogP contribution in [0.15, 0.2) is 57.8 Å². The van der Waals surface area contributed by atoms with Gasteiger partial charge in [0.1, 0.15) is 16.5 Å². The van der Waals surface area contributed by atoms with Crippen LogP contribution in [0.3, 0.4) is 0 Å². The number of carbonyl (C=O) groups is 1. The zero-order valence-corrected chi connectivity index (χ0v) is 15.0. The number of rotatable bonds is 6. The molecule has 136 valence electrons. The molecule has 0 bridgehead atoms. The molecule has 0 saturated carbocycles. The zero-order chi connectivity index (χ0) is 18.6. The maximum absolute atomic E-state index is 12.2. The van der Waals surface area contributed by atoms with Crippen LogP contribution in [0.25, 0.3) is 0 Å². The van der Waals surface area contributed by atoms with Gasteiger partial charge in [-0.1, -0.05) is 24.3 Å². The molecule has 1 aliphatic heterocycles. The van der Waals surface area contributed by atoms with Gasteiger partial charge in [0.05, 0.1) is 12.8 Å². The Balaban J connectivity index is 1.56. The maximum atomic E-state index is 12.2. The summed E-state index contributed by atoms with van der Waals surface area (Å²) in [4.78, 5) is 12.2. The lowest BCUT2D eigenvalue weighted by Crippen LogP contribution is -2.26. The molecule has 3 rings (SSSR count). The summed E-state index contributed by atoms with van der Waals surface area (Å²) in [5, 5.41) is 5.77. The molecule has 0 aliphatic carbocycles. The van der Waals surface area contributed by atoms with Crippen molar-refractivity contribution >= 4 is 27.5 Å². The van der Waals surface area contributed by atoms with Crippen LogP contribution in [-0.2, 0) is 21.4 Å². The second-order valence-corrected chi connectivity index (χ2v) is 7.33. The van der Waals surface area contributed by atoms with Gasteiger partial charge in [-0.25, -0.2) is 0 Å². The number of anilines is 1. The molecular weight excluding hydrogens is 354 g/mol. The summed E-state index contributed by atoms with van der Waals surface area (Å²) in [6.45, 7) is 0.372. The van der Waals surface area contributed by atoms with E-state index in [0.29, 0.717) is 12.2 Å². The second-order valence-electron chi connectivity index (χ2n) is 5.76. The highest BCUT2D eigenvalue weighted by molar-refractivity contribution is 7.90. The SMILES string of the molecule is COc1cccc(CNC(=O)CCC2=NS(=O)(=O)c3ccccc3N2)c1. The van der Waals surface area contributed by atoms with Crippen molar-refractivity contribution in [1.82, 2.24) is 5.32 Å². The highest BCUT2D eigenvalue weighted by Gasteiger charge is 2.24. The van der Waals surface area contributed by atoms with Crippen molar-refractivity contribution in [3.63, 3.8) is 0 Å². The topological polar surface area (TPSA) is 96.9 Å². The van der Waals surface area contributed by atoms with Gasteiger partial charge in [0, 0.05) is 19.4 Å². The first-order valence-corrected chi connectivity index (χ1v) is 9.51. The number of methoxy groups -OCH3 is 1. The van der Waals surface area contributed by atoms with Crippen LogP contribution in [-0.4, -0.2) is 27.3 Å². The van der Waals surface area contributed by atoms with Gasteiger partial charge in [0.25, 0.3) is 10.0 Å². The Morgan fingerprint density at radius 2 is 2.00 bits per heavy atom. The standard InChI is InChI=1S/C18H19N3O4S/c1-25-14-6-4-5-13(11-14)12-19-18(22)10-9-17-20-15-7-2-3-8-16(15)26(23,24)21-17/h2-8,11H,9-10,12H2,1H3,(H,19,22)(H,20,21). The van der Waals surface area contributed by atoms with Crippen LogP contribution < -0.4 is 15.4 Å². The summed E-state index contributed by atoms with van der Waals surface area (Å²) in [7, 11) is -2.14. The Hall–Kier alpha value is -2.87. The van der Waals surface area contributed by atoms with Crippen molar-refractivity contribution in [1.29, 1.82) is 0 Å². The third kappa shape index (κ3) is 4.20. The van der Waals surface area contributed by atoms with E-state index in [1.807, 2.05) is 24.3 Å². The van der Waals surface area contributed by atoms with Crippen LogP contribution in [0.2, 0.25) is 0 Å². The molecule has 7 nitrogen and oxygen atoms in total. The molecule has 0 fully saturated rings. The second kappa shape index (κ2) is 7.57. The number of sulfonamides is 1. The minimum absolute atomic E-state index is 0.132. The third-order valence-corrected chi connectivity index (χ3v) is 5.26. The van der Waals surface area contributed by atoms with Gasteiger partial charge in [0.15, 0.2) is 0 Å². The summed E-state index contributed by atoms with van der Waals surface area (Å²) in [6, 6.07) is 14.0. The number of fused-ring (bicyclic) bond motifs is 1. The third-order valence-electron chi connectivity index (χ3n) is 3.89. The first-order valence-electron chi connectivity index (χ1n) is 8.07. The number of carbonyl (C=O) groups excluding carboxylic acids is 1. The quantitative estimate of drug-likeness (QED) is 0.810. The average molecular weight is 373 g/mol. The van der Waals surface area contributed by atoms with E-state index in [4.69, 9.17) is 4.74 Å². The molecule has 0 saturated heterocycles. The van der Waals surface area contributed by atoms with Gasteiger partial charge in [-0.2, -0.15) is 8.42 Å². The Morgan fingerprint density at radius 1 is 1.19 bits per heavy atom. The minimum atomic E-state index is -3.72. The van der Waals surface area contributed by atoms with Crippen molar-refractivity contribution < 1.29 is 17.9 Å². The fourth-order valence-corrected chi connectivity index (χ4v) is 3.75. The number of ether oxygens (including phenoxy) is 1. The minimum Gasteiger partial charge on any atom is -0.497 e. The van der Waals surface area contributed by atoms with Gasteiger partial charge >= 0.3 is 0 Å². The van der Waals surface area contributed by atoms with Crippen molar-refractivity contribution in [2.45, 2.75) is 24.3 Å². The van der Waals surface area contributed by atoms with E-state index in [-0.39, 0.29) is 29.5 Å². The van der Waals surface area contributed by atoms with Gasteiger partial charge in [0.2, 0.25) is 5.91 Å². The molecule has 8 heteroatoms. The van der Waals surface area contributed by atoms with Crippen LogP contribution >= 0.6 is 0 Å². The van der Waals surface area contributed by atoms with E-state index in [0.717, 1.165) is 11.3 Å². The molecule has 0 radical (unpaired) electrons. The molecule has 0 aromatic heterocycles. The number of amidine groups is 1. The van der Waals surface area contributed by atoms with Gasteiger partial charge in [-0.3, -0.25) is 4.79 Å². The van der Waals surface area contributed by atoms with E-state index >= 15 is 0 Å². The van der Waals surface area contributed by atoms with E-state index in [9.17, 15) is 13.2 Å². The average Bonchev–Trinajstić information content (AvgIpc) is 2.64. The van der Waals surface area contributed by atoms with E-state index < -0.39 is 10.0 Å². The Labute approximate surface area is 152 Å². The summed E-state index contributed by atoms with van der Waals surface area (Å²) < 4.78 is 33.2. The molecule has 1 amide bonds. The molecule has 2 aromatic carbocycles. The highest BCUT2D eigenvalue weighted by Crippen LogP contribution is 2.27. The highest BCUT2D eigenvalue weighted by atomic mass is 32.2. The Morgan fingerprint density at radius 3 is 2.81 bits per heavy atom. The summed E-state index contributed by atoms with van der Waals surface area (Å²) >= 11 is 0. The summed E-state index contributed by atoms with van der Waals surface area (Å²) in [6.07, 6.45) is 0.338. The first kappa shape index (κ1) is 17.9. The van der Waals surface area contributed by atoms with Crippen LogP contribution in [0.4, 0.5) is 5.69 Å². The number of nitrogens with one attached hydrogen (secondary N) is 2. The Kier molecular flexibility index (Phi) is 5.22. The van der Waals surface area contributed by atoms with E-state index in [1.165, 1.54) is 6.07 Å². The van der Waals surface area contributed by atoms with Gasteiger partial charge in [-0.05, 0) is 29.8 Å². The van der Waals surface area contributed by atoms with Crippen molar-refractivity contribution in [3.8, 4) is 5.75 Å². The number of nitrogens with zero attached hydrogens (tertiary/aromatic N) is 1. The fraction of sp³-hybridized carbons (Fsp3) is 0.222. The molecule has 26 heavy (non-hydrogen) atoms. The lowest BCUT2D eigenvalue weighted by molar-refractivity contribution is -0.121. The summed E-state index contributed by atoms with van der Waals surface area (Å²) in [5.74, 6) is 0.801.